The van der Waals surface area contributed by atoms with E-state index in [-0.39, 0.29) is 17.6 Å². The molecule has 0 saturated carbocycles. The SMILES string of the molecule is Cc1ccc(C)c(OCCNC(=O)C2CCN(S(=O)(=O)Cc3cccc(Cl)c3)CC2)c1. The smallest absolute Gasteiger partial charge is 0.223 e. The molecule has 168 valence electrons. The summed E-state index contributed by atoms with van der Waals surface area (Å²) in [4.78, 5) is 12.5. The summed E-state index contributed by atoms with van der Waals surface area (Å²) in [5.74, 6) is 0.516. The molecule has 0 unspecified atom stereocenters. The molecule has 8 heteroatoms. The quantitative estimate of drug-likeness (QED) is 0.604. The number of hydrogen-bond acceptors (Lipinski definition) is 4. The number of amides is 1. The minimum absolute atomic E-state index is 0.0450. The number of rotatable bonds is 8. The summed E-state index contributed by atoms with van der Waals surface area (Å²) in [7, 11) is -3.44. The predicted molar refractivity (Wildman–Crippen MR) is 123 cm³/mol. The normalized spacial score (nSPS) is 15.6. The molecule has 0 atom stereocenters. The van der Waals surface area contributed by atoms with E-state index in [9.17, 15) is 13.2 Å². The highest BCUT2D eigenvalue weighted by molar-refractivity contribution is 7.88. The fourth-order valence-corrected chi connectivity index (χ4v) is 5.43. The van der Waals surface area contributed by atoms with Crippen LogP contribution in [0.3, 0.4) is 0 Å². The maximum Gasteiger partial charge on any atom is 0.223 e. The van der Waals surface area contributed by atoms with Crippen LogP contribution in [0.5, 0.6) is 5.75 Å². The van der Waals surface area contributed by atoms with Crippen molar-refractivity contribution in [1.29, 1.82) is 0 Å². The Morgan fingerprint density at radius 1 is 1.16 bits per heavy atom. The molecular formula is C23H29ClN2O4S. The number of halogens is 1. The molecule has 0 spiro atoms. The summed E-state index contributed by atoms with van der Waals surface area (Å²) in [5.41, 5.74) is 2.85. The van der Waals surface area contributed by atoms with Gasteiger partial charge in [0, 0.05) is 24.0 Å². The minimum atomic E-state index is -3.44. The second kappa shape index (κ2) is 10.5. The second-order valence-electron chi connectivity index (χ2n) is 7.97. The highest BCUT2D eigenvalue weighted by Crippen LogP contribution is 2.23. The number of sulfonamides is 1. The van der Waals surface area contributed by atoms with Crippen LogP contribution in [-0.2, 0) is 20.6 Å². The summed E-state index contributed by atoms with van der Waals surface area (Å²) in [6.07, 6.45) is 1.02. The maximum atomic E-state index is 12.7. The Bertz CT molecular complexity index is 1020. The van der Waals surface area contributed by atoms with E-state index >= 15 is 0 Å². The number of benzene rings is 2. The summed E-state index contributed by atoms with van der Waals surface area (Å²) >= 11 is 5.95. The van der Waals surface area contributed by atoms with Crippen LogP contribution >= 0.6 is 11.6 Å². The molecule has 1 saturated heterocycles. The van der Waals surface area contributed by atoms with Gasteiger partial charge in [-0.15, -0.1) is 0 Å². The number of piperidine rings is 1. The van der Waals surface area contributed by atoms with E-state index in [4.69, 9.17) is 16.3 Å². The van der Waals surface area contributed by atoms with E-state index < -0.39 is 10.0 Å². The lowest BCUT2D eigenvalue weighted by atomic mass is 9.97. The van der Waals surface area contributed by atoms with E-state index in [1.807, 2.05) is 32.0 Å². The van der Waals surface area contributed by atoms with Crippen LogP contribution in [0.15, 0.2) is 42.5 Å². The molecular weight excluding hydrogens is 436 g/mol. The van der Waals surface area contributed by atoms with Crippen LogP contribution in [0.2, 0.25) is 5.02 Å². The monoisotopic (exact) mass is 464 g/mol. The number of nitrogens with one attached hydrogen (secondary N) is 1. The van der Waals surface area contributed by atoms with Gasteiger partial charge in [0.15, 0.2) is 0 Å². The number of carbonyl (C=O) groups is 1. The van der Waals surface area contributed by atoms with Crippen molar-refractivity contribution in [2.45, 2.75) is 32.4 Å². The summed E-state index contributed by atoms with van der Waals surface area (Å²) < 4.78 is 32.7. The number of ether oxygens (including phenoxy) is 1. The lowest BCUT2D eigenvalue weighted by Gasteiger charge is -2.30. The van der Waals surface area contributed by atoms with Crippen molar-refractivity contribution in [2.24, 2.45) is 5.92 Å². The third-order valence-corrected chi connectivity index (χ3v) is 7.54. The van der Waals surface area contributed by atoms with Gasteiger partial charge in [0.25, 0.3) is 0 Å². The number of carbonyl (C=O) groups excluding carboxylic acids is 1. The molecule has 0 aliphatic carbocycles. The van der Waals surface area contributed by atoms with E-state index in [0.29, 0.717) is 49.7 Å². The first-order chi connectivity index (χ1) is 14.7. The average Bonchev–Trinajstić information content (AvgIpc) is 2.73. The molecule has 0 radical (unpaired) electrons. The lowest BCUT2D eigenvalue weighted by Crippen LogP contribution is -2.43. The van der Waals surface area contributed by atoms with Gasteiger partial charge in [-0.2, -0.15) is 0 Å². The Morgan fingerprint density at radius 3 is 2.61 bits per heavy atom. The topological polar surface area (TPSA) is 75.7 Å². The molecule has 1 N–H and O–H groups in total. The Hall–Kier alpha value is -2.09. The minimum Gasteiger partial charge on any atom is -0.491 e. The fourth-order valence-electron chi connectivity index (χ4n) is 3.67. The van der Waals surface area contributed by atoms with E-state index in [1.165, 1.54) is 4.31 Å². The Morgan fingerprint density at radius 2 is 1.90 bits per heavy atom. The molecule has 31 heavy (non-hydrogen) atoms. The molecule has 1 fully saturated rings. The van der Waals surface area contributed by atoms with Crippen molar-refractivity contribution in [2.75, 3.05) is 26.2 Å². The summed E-state index contributed by atoms with van der Waals surface area (Å²) in [6, 6.07) is 12.9. The molecule has 1 aliphatic rings. The van der Waals surface area contributed by atoms with Crippen LogP contribution in [0.1, 0.15) is 29.5 Å². The zero-order valence-electron chi connectivity index (χ0n) is 17.9. The Labute approximate surface area is 189 Å². The van der Waals surface area contributed by atoms with Gasteiger partial charge in [-0.25, -0.2) is 12.7 Å². The number of nitrogens with zero attached hydrogens (tertiary/aromatic N) is 1. The van der Waals surface area contributed by atoms with E-state index in [1.54, 1.807) is 24.3 Å². The van der Waals surface area contributed by atoms with Crippen molar-refractivity contribution >= 4 is 27.5 Å². The molecule has 0 aromatic heterocycles. The third kappa shape index (κ3) is 6.69. The van der Waals surface area contributed by atoms with Crippen molar-refractivity contribution < 1.29 is 17.9 Å². The fraction of sp³-hybridized carbons (Fsp3) is 0.435. The van der Waals surface area contributed by atoms with Gasteiger partial charge in [0.2, 0.25) is 15.9 Å². The molecule has 1 amide bonds. The van der Waals surface area contributed by atoms with Gasteiger partial charge in [0.05, 0.1) is 12.3 Å². The zero-order valence-corrected chi connectivity index (χ0v) is 19.5. The molecule has 6 nitrogen and oxygen atoms in total. The van der Waals surface area contributed by atoms with Crippen molar-refractivity contribution in [3.8, 4) is 5.75 Å². The standard InChI is InChI=1S/C23H29ClN2O4S/c1-17-6-7-18(2)22(14-17)30-13-10-25-23(27)20-8-11-26(12-9-20)31(28,29)16-19-4-3-5-21(24)15-19/h3-7,14-15,20H,8-13,16H2,1-2H3,(H,25,27). The molecule has 3 rings (SSSR count). The molecule has 0 bridgehead atoms. The molecule has 2 aromatic rings. The van der Waals surface area contributed by atoms with E-state index in [0.717, 1.165) is 16.9 Å². The van der Waals surface area contributed by atoms with Gasteiger partial charge in [-0.05, 0) is 61.6 Å². The molecule has 2 aromatic carbocycles. The van der Waals surface area contributed by atoms with Crippen LogP contribution in [-0.4, -0.2) is 44.9 Å². The molecule has 1 aliphatic heterocycles. The van der Waals surface area contributed by atoms with Gasteiger partial charge < -0.3 is 10.1 Å². The average molecular weight is 465 g/mol. The van der Waals surface area contributed by atoms with Crippen molar-refractivity contribution in [3.05, 3.63) is 64.2 Å². The zero-order chi connectivity index (χ0) is 22.4. The van der Waals surface area contributed by atoms with Crippen molar-refractivity contribution in [1.82, 2.24) is 9.62 Å². The van der Waals surface area contributed by atoms with Crippen molar-refractivity contribution in [3.63, 3.8) is 0 Å². The lowest BCUT2D eigenvalue weighted by molar-refractivity contribution is -0.126. The first-order valence-electron chi connectivity index (χ1n) is 10.4. The predicted octanol–water partition coefficient (Wildman–Crippen LogP) is 3.69. The van der Waals surface area contributed by atoms with Gasteiger partial charge in [-0.3, -0.25) is 4.79 Å². The highest BCUT2D eigenvalue weighted by atomic mass is 35.5. The van der Waals surface area contributed by atoms with Crippen LogP contribution in [0.4, 0.5) is 0 Å². The Balaban J connectivity index is 1.42. The van der Waals surface area contributed by atoms with Crippen LogP contribution < -0.4 is 10.1 Å². The third-order valence-electron chi connectivity index (χ3n) is 5.46. The van der Waals surface area contributed by atoms with Gasteiger partial charge in [-0.1, -0.05) is 35.9 Å². The number of aryl methyl sites for hydroxylation is 2. The summed E-state index contributed by atoms with van der Waals surface area (Å²) in [6.45, 7) is 5.50. The first kappa shape index (κ1) is 23.6. The second-order valence-corrected chi connectivity index (χ2v) is 10.4. The van der Waals surface area contributed by atoms with Crippen LogP contribution in [0, 0.1) is 19.8 Å². The van der Waals surface area contributed by atoms with Gasteiger partial charge in [0.1, 0.15) is 12.4 Å². The van der Waals surface area contributed by atoms with E-state index in [2.05, 4.69) is 5.32 Å². The highest BCUT2D eigenvalue weighted by Gasteiger charge is 2.31. The first-order valence-corrected chi connectivity index (χ1v) is 12.4. The van der Waals surface area contributed by atoms with Crippen LogP contribution in [0.25, 0.3) is 0 Å². The summed E-state index contributed by atoms with van der Waals surface area (Å²) in [5, 5.41) is 3.43. The maximum absolute atomic E-state index is 12.7. The number of hydrogen-bond donors (Lipinski definition) is 1. The largest absolute Gasteiger partial charge is 0.491 e. The Kier molecular flexibility index (Phi) is 7.97. The molecule has 1 heterocycles. The van der Waals surface area contributed by atoms with Gasteiger partial charge >= 0.3 is 0 Å².